The van der Waals surface area contributed by atoms with E-state index in [1.165, 1.54) is 11.1 Å². The Kier molecular flexibility index (Phi) is 6.11. The van der Waals surface area contributed by atoms with Gasteiger partial charge in [-0.25, -0.2) is 5.43 Å². The van der Waals surface area contributed by atoms with Crippen LogP contribution in [0.15, 0.2) is 53.6 Å². The van der Waals surface area contributed by atoms with Crippen LogP contribution in [-0.4, -0.2) is 45.4 Å². The van der Waals surface area contributed by atoms with Gasteiger partial charge in [-0.05, 0) is 18.4 Å². The van der Waals surface area contributed by atoms with Crippen molar-refractivity contribution in [1.82, 2.24) is 10.3 Å². The number of amides is 2. The third kappa shape index (κ3) is 4.63. The number of nitro benzene ring substituents is 2. The highest BCUT2D eigenvalue weighted by atomic mass is 16.6. The summed E-state index contributed by atoms with van der Waals surface area (Å²) in [6.07, 6.45) is 2.39. The summed E-state index contributed by atoms with van der Waals surface area (Å²) in [7, 11) is 0. The highest BCUT2D eigenvalue weighted by molar-refractivity contribution is 5.99. The van der Waals surface area contributed by atoms with Crippen LogP contribution < -0.4 is 5.43 Å². The molecule has 1 aliphatic heterocycles. The Balaban J connectivity index is 1.77. The zero-order valence-corrected chi connectivity index (χ0v) is 15.6. The van der Waals surface area contributed by atoms with Gasteiger partial charge in [-0.1, -0.05) is 30.3 Å². The molecule has 1 saturated heterocycles. The zero-order chi connectivity index (χ0) is 21.7. The number of hydrazone groups is 1. The molecule has 0 radical (unpaired) electrons. The number of hydrogen-bond donors (Lipinski definition) is 1. The van der Waals surface area contributed by atoms with E-state index < -0.39 is 39.1 Å². The third-order valence-electron chi connectivity index (χ3n) is 4.58. The van der Waals surface area contributed by atoms with Crippen LogP contribution in [0.5, 0.6) is 0 Å². The number of hydrogen-bond acceptors (Lipinski definition) is 7. The maximum absolute atomic E-state index is 12.9. The van der Waals surface area contributed by atoms with Crippen LogP contribution >= 0.6 is 0 Å². The summed E-state index contributed by atoms with van der Waals surface area (Å²) in [4.78, 5) is 47.1. The van der Waals surface area contributed by atoms with Crippen LogP contribution in [-0.2, 0) is 4.79 Å². The van der Waals surface area contributed by atoms with Gasteiger partial charge in [-0.15, -0.1) is 0 Å². The molecule has 1 N–H and O–H groups in total. The fraction of sp³-hybridized carbons (Fsp3) is 0.211. The number of nitrogens with one attached hydrogen (secondary N) is 1. The van der Waals surface area contributed by atoms with Crippen molar-refractivity contribution in [3.63, 3.8) is 0 Å². The number of rotatable bonds is 6. The average Bonchev–Trinajstić information content (AvgIpc) is 3.23. The Morgan fingerprint density at radius 3 is 2.30 bits per heavy atom. The number of carbonyl (C=O) groups is 2. The van der Waals surface area contributed by atoms with E-state index in [-0.39, 0.29) is 12.1 Å². The number of likely N-dealkylation sites (tertiary alicyclic amines) is 1. The maximum atomic E-state index is 12.9. The molecular weight excluding hydrogens is 394 g/mol. The summed E-state index contributed by atoms with van der Waals surface area (Å²) in [6, 6.07) is 11.0. The smallest absolute Gasteiger partial charge is 0.277 e. The Morgan fingerprint density at radius 2 is 1.70 bits per heavy atom. The standard InChI is InChI=1S/C19H17N5O6/c25-18(21-20-12-13-5-2-1-3-6-13)17-7-4-8-22(17)19(26)14-9-15(23(27)28)11-16(10-14)24(29)30/h1-3,5-6,9-12,17H,4,7-8H2,(H,21,25)/b20-12-. The molecule has 0 aliphatic carbocycles. The molecule has 2 aromatic rings. The van der Waals surface area contributed by atoms with Crippen molar-refractivity contribution < 1.29 is 19.4 Å². The lowest BCUT2D eigenvalue weighted by Crippen LogP contribution is -2.44. The van der Waals surface area contributed by atoms with E-state index >= 15 is 0 Å². The summed E-state index contributed by atoms with van der Waals surface area (Å²) >= 11 is 0. The predicted octanol–water partition coefficient (Wildman–Crippen LogP) is 2.26. The molecule has 11 heteroatoms. The molecule has 1 unspecified atom stereocenters. The Bertz CT molecular complexity index is 991. The first-order chi connectivity index (χ1) is 14.4. The predicted molar refractivity (Wildman–Crippen MR) is 106 cm³/mol. The molecule has 11 nitrogen and oxygen atoms in total. The number of carbonyl (C=O) groups excluding carboxylic acids is 2. The first-order valence-corrected chi connectivity index (χ1v) is 8.99. The quantitative estimate of drug-likeness (QED) is 0.438. The van der Waals surface area contributed by atoms with E-state index in [4.69, 9.17) is 0 Å². The minimum atomic E-state index is -0.830. The zero-order valence-electron chi connectivity index (χ0n) is 15.6. The summed E-state index contributed by atoms with van der Waals surface area (Å²) in [5.74, 6) is -1.19. The summed E-state index contributed by atoms with van der Waals surface area (Å²) in [6.45, 7) is 0.246. The van der Waals surface area contributed by atoms with E-state index in [2.05, 4.69) is 10.5 Å². The minimum Gasteiger partial charge on any atom is -0.327 e. The van der Waals surface area contributed by atoms with Crippen LogP contribution in [0.1, 0.15) is 28.8 Å². The van der Waals surface area contributed by atoms with E-state index in [1.54, 1.807) is 12.1 Å². The van der Waals surface area contributed by atoms with Gasteiger partial charge in [0.2, 0.25) is 0 Å². The van der Waals surface area contributed by atoms with Gasteiger partial charge in [0.05, 0.1) is 27.7 Å². The molecule has 0 saturated carbocycles. The van der Waals surface area contributed by atoms with Gasteiger partial charge in [0.25, 0.3) is 23.2 Å². The molecule has 30 heavy (non-hydrogen) atoms. The van der Waals surface area contributed by atoms with E-state index in [0.29, 0.717) is 12.8 Å². The van der Waals surface area contributed by atoms with Crippen LogP contribution in [0.2, 0.25) is 0 Å². The average molecular weight is 411 g/mol. The monoisotopic (exact) mass is 411 g/mol. The molecule has 1 atom stereocenters. The van der Waals surface area contributed by atoms with Crippen molar-refractivity contribution in [2.75, 3.05) is 6.54 Å². The minimum absolute atomic E-state index is 0.219. The Labute approximate surface area is 170 Å². The maximum Gasteiger partial charge on any atom is 0.277 e. The first kappa shape index (κ1) is 20.6. The van der Waals surface area contributed by atoms with Gasteiger partial charge in [-0.3, -0.25) is 29.8 Å². The molecular formula is C19H17N5O6. The highest BCUT2D eigenvalue weighted by Gasteiger charge is 2.35. The SMILES string of the molecule is O=C(N/N=C\c1ccccc1)C1CCCN1C(=O)c1cc([N+](=O)[O-])cc([N+](=O)[O-])c1. The van der Waals surface area contributed by atoms with Gasteiger partial charge in [0.1, 0.15) is 6.04 Å². The lowest BCUT2D eigenvalue weighted by molar-refractivity contribution is -0.394. The fourth-order valence-electron chi connectivity index (χ4n) is 3.16. The van der Waals surface area contributed by atoms with Gasteiger partial charge < -0.3 is 4.90 Å². The third-order valence-corrected chi connectivity index (χ3v) is 4.58. The molecule has 0 bridgehead atoms. The topological polar surface area (TPSA) is 148 Å². The van der Waals surface area contributed by atoms with Gasteiger partial charge >= 0.3 is 0 Å². The van der Waals surface area contributed by atoms with Crippen molar-refractivity contribution in [3.8, 4) is 0 Å². The number of nitrogens with zero attached hydrogens (tertiary/aromatic N) is 4. The van der Waals surface area contributed by atoms with E-state index in [1.807, 2.05) is 18.2 Å². The first-order valence-electron chi connectivity index (χ1n) is 8.99. The van der Waals surface area contributed by atoms with Gasteiger partial charge in [0.15, 0.2) is 0 Å². The Morgan fingerprint density at radius 1 is 1.07 bits per heavy atom. The van der Waals surface area contributed by atoms with Crippen molar-refractivity contribution in [2.45, 2.75) is 18.9 Å². The fourth-order valence-corrected chi connectivity index (χ4v) is 3.16. The van der Waals surface area contributed by atoms with Crippen molar-refractivity contribution in [1.29, 1.82) is 0 Å². The molecule has 1 heterocycles. The second-order valence-electron chi connectivity index (χ2n) is 6.55. The van der Waals surface area contributed by atoms with Crippen LogP contribution in [0.4, 0.5) is 11.4 Å². The number of benzene rings is 2. The highest BCUT2D eigenvalue weighted by Crippen LogP contribution is 2.26. The second-order valence-corrected chi connectivity index (χ2v) is 6.55. The molecule has 0 spiro atoms. The molecule has 154 valence electrons. The summed E-state index contributed by atoms with van der Waals surface area (Å²) in [5.41, 5.74) is 1.81. The van der Waals surface area contributed by atoms with Crippen LogP contribution in [0, 0.1) is 20.2 Å². The van der Waals surface area contributed by atoms with Crippen LogP contribution in [0.25, 0.3) is 0 Å². The van der Waals surface area contributed by atoms with Crippen molar-refractivity contribution in [2.24, 2.45) is 5.10 Å². The molecule has 1 aliphatic rings. The van der Waals surface area contributed by atoms with Gasteiger partial charge in [0, 0.05) is 18.7 Å². The molecule has 3 rings (SSSR count). The second kappa shape index (κ2) is 8.90. The lowest BCUT2D eigenvalue weighted by atomic mass is 10.1. The molecule has 0 aromatic heterocycles. The summed E-state index contributed by atoms with van der Waals surface area (Å²) < 4.78 is 0. The number of non-ortho nitro benzene ring substituents is 2. The lowest BCUT2D eigenvalue weighted by Gasteiger charge is -2.23. The largest absolute Gasteiger partial charge is 0.327 e. The molecule has 2 amide bonds. The van der Waals surface area contributed by atoms with Crippen molar-refractivity contribution >= 4 is 29.4 Å². The summed E-state index contributed by atoms with van der Waals surface area (Å²) in [5, 5.41) is 26.0. The van der Waals surface area contributed by atoms with E-state index in [0.717, 1.165) is 23.8 Å². The normalized spacial score (nSPS) is 15.9. The molecule has 2 aromatic carbocycles. The Hall–Kier alpha value is -4.15. The van der Waals surface area contributed by atoms with E-state index in [9.17, 15) is 29.8 Å². The molecule has 1 fully saturated rings. The number of nitro groups is 2. The van der Waals surface area contributed by atoms with Gasteiger partial charge in [-0.2, -0.15) is 5.10 Å². The van der Waals surface area contributed by atoms with Crippen LogP contribution in [0.3, 0.4) is 0 Å². The van der Waals surface area contributed by atoms with Crippen molar-refractivity contribution in [3.05, 3.63) is 79.9 Å².